The summed E-state index contributed by atoms with van der Waals surface area (Å²) in [5.74, 6) is -4.06. The maximum Gasteiger partial charge on any atom is 0.352 e. The first-order valence-corrected chi connectivity index (χ1v) is 18.5. The lowest BCUT2D eigenvalue weighted by molar-refractivity contribution is -0.0561. The summed E-state index contributed by atoms with van der Waals surface area (Å²) >= 11 is 0. The normalized spacial score (nSPS) is 19.4. The molecule has 0 spiro atoms. The molecular formula is C39H53F2N7O3. The number of benzene rings is 2. The van der Waals surface area contributed by atoms with Gasteiger partial charge in [0, 0.05) is 96.5 Å². The van der Waals surface area contributed by atoms with E-state index >= 15 is 0 Å². The van der Waals surface area contributed by atoms with E-state index in [1.54, 1.807) is 12.1 Å². The lowest BCUT2D eigenvalue weighted by Gasteiger charge is -2.35. The van der Waals surface area contributed by atoms with Crippen molar-refractivity contribution in [2.75, 3.05) is 49.9 Å². The number of piperidine rings is 3. The molecule has 0 radical (unpaired) electrons. The molecule has 3 fully saturated rings. The lowest BCUT2D eigenvalue weighted by Crippen LogP contribution is -2.45. The van der Waals surface area contributed by atoms with Crippen molar-refractivity contribution in [2.24, 2.45) is 0 Å². The average molecular weight is 706 g/mol. The number of rotatable bonds is 8. The topological polar surface area (TPSA) is 120 Å². The third-order valence-corrected chi connectivity index (χ3v) is 10.6. The highest BCUT2D eigenvalue weighted by molar-refractivity contribution is 5.99. The number of aromatic carboxylic acids is 1. The molecule has 5 N–H and O–H groups in total. The third-order valence-electron chi connectivity index (χ3n) is 10.6. The first kappa shape index (κ1) is 36.6. The standard InChI is InChI=1S/C22H30F2N4O.C17H23N3O2/c1-15(2)27-10-6-17(7-11-27)25-18-4-5-19-16(12-18)13-20(26-19)21(29)28-9-3-8-22(23,24)14-28;1-11(2)20-7-5-13(6-8-20)18-14-3-4-15-12(9-14)10-16(19-15)17(21)22/h4-5,12-13,15,17,25-26H,3,6-11,14H2,1-2H3;3-4,9-11,13,18-19H,5-8H2,1-2H3,(H,21,22). The molecule has 3 saturated heterocycles. The molecule has 2 aromatic heterocycles. The zero-order valence-electron chi connectivity index (χ0n) is 30.3. The van der Waals surface area contributed by atoms with Gasteiger partial charge in [-0.25, -0.2) is 13.6 Å². The molecule has 2 aromatic carbocycles. The van der Waals surface area contributed by atoms with E-state index < -0.39 is 18.4 Å². The van der Waals surface area contributed by atoms with Crippen molar-refractivity contribution in [1.29, 1.82) is 0 Å². The Hall–Kier alpha value is -4.16. The fourth-order valence-electron chi connectivity index (χ4n) is 7.58. The van der Waals surface area contributed by atoms with Crippen LogP contribution in [0.5, 0.6) is 0 Å². The number of H-pyrrole nitrogens is 2. The zero-order valence-corrected chi connectivity index (χ0v) is 30.3. The Labute approximate surface area is 298 Å². The number of halogens is 2. The van der Waals surface area contributed by atoms with Crippen LogP contribution in [0.4, 0.5) is 20.2 Å². The molecule has 1 amide bonds. The van der Waals surface area contributed by atoms with Gasteiger partial charge in [-0.05, 0) is 108 Å². The summed E-state index contributed by atoms with van der Waals surface area (Å²) in [6.45, 7) is 13.3. The minimum absolute atomic E-state index is 0.144. The van der Waals surface area contributed by atoms with Gasteiger partial charge in [-0.2, -0.15) is 0 Å². The van der Waals surface area contributed by atoms with Gasteiger partial charge in [-0.15, -0.1) is 0 Å². The van der Waals surface area contributed by atoms with Gasteiger partial charge in [0.2, 0.25) is 0 Å². The van der Waals surface area contributed by atoms with E-state index in [2.05, 4.69) is 58.1 Å². The van der Waals surface area contributed by atoms with Gasteiger partial charge in [0.25, 0.3) is 11.8 Å². The van der Waals surface area contributed by atoms with Crippen molar-refractivity contribution >= 4 is 45.1 Å². The molecule has 3 aliphatic rings. The second-order valence-corrected chi connectivity index (χ2v) is 15.1. The van der Waals surface area contributed by atoms with Crippen molar-refractivity contribution in [2.45, 2.75) is 96.3 Å². The van der Waals surface area contributed by atoms with Gasteiger partial charge in [0.05, 0.1) is 6.54 Å². The summed E-state index contributed by atoms with van der Waals surface area (Å²) in [7, 11) is 0. The number of amides is 1. The number of nitrogens with zero attached hydrogens (tertiary/aromatic N) is 3. The van der Waals surface area contributed by atoms with E-state index in [0.717, 1.165) is 85.0 Å². The number of carboxylic acid groups (broad SMARTS) is 1. The van der Waals surface area contributed by atoms with E-state index in [0.29, 0.717) is 42.8 Å². The minimum Gasteiger partial charge on any atom is -0.477 e. The summed E-state index contributed by atoms with van der Waals surface area (Å²) in [6, 6.07) is 17.6. The van der Waals surface area contributed by atoms with Crippen LogP contribution < -0.4 is 10.6 Å². The van der Waals surface area contributed by atoms with Crippen LogP contribution in [-0.2, 0) is 0 Å². The molecule has 51 heavy (non-hydrogen) atoms. The highest BCUT2D eigenvalue weighted by Gasteiger charge is 2.37. The van der Waals surface area contributed by atoms with E-state index in [9.17, 15) is 18.4 Å². The maximum absolute atomic E-state index is 13.7. The molecule has 3 aliphatic heterocycles. The Kier molecular flexibility index (Phi) is 11.2. The van der Waals surface area contributed by atoms with Crippen LogP contribution in [0.25, 0.3) is 21.8 Å². The SMILES string of the molecule is CC(C)N1CCC(Nc2ccc3[nH]c(C(=O)N4CCCC(F)(F)C4)cc3c2)CC1.CC(C)N1CCC(Nc2ccc3[nH]c(C(=O)O)cc3c2)CC1. The number of carboxylic acids is 1. The summed E-state index contributed by atoms with van der Waals surface area (Å²) in [6.07, 6.45) is 4.69. The van der Waals surface area contributed by atoms with Gasteiger partial charge < -0.3 is 40.4 Å². The van der Waals surface area contributed by atoms with Gasteiger partial charge in [0.1, 0.15) is 11.4 Å². The molecule has 276 valence electrons. The largest absolute Gasteiger partial charge is 0.477 e. The van der Waals surface area contributed by atoms with Gasteiger partial charge in [0.15, 0.2) is 0 Å². The van der Waals surface area contributed by atoms with Crippen LogP contribution in [0.2, 0.25) is 0 Å². The summed E-state index contributed by atoms with van der Waals surface area (Å²) in [4.78, 5) is 36.0. The van der Waals surface area contributed by atoms with E-state index in [4.69, 9.17) is 5.11 Å². The number of anilines is 2. The first-order valence-electron chi connectivity index (χ1n) is 18.5. The molecular weight excluding hydrogens is 652 g/mol. The van der Waals surface area contributed by atoms with Crippen LogP contribution in [0.15, 0.2) is 48.5 Å². The third kappa shape index (κ3) is 9.20. The Balaban J connectivity index is 0.000000183. The van der Waals surface area contributed by atoms with Crippen LogP contribution in [0, 0.1) is 0 Å². The molecule has 0 atom stereocenters. The number of carbonyl (C=O) groups excluding carboxylic acids is 1. The van der Waals surface area contributed by atoms with Crippen molar-refractivity contribution in [3.05, 3.63) is 59.9 Å². The fraction of sp³-hybridized carbons (Fsp3) is 0.538. The Morgan fingerprint density at radius 2 is 1.22 bits per heavy atom. The summed E-state index contributed by atoms with van der Waals surface area (Å²) in [5.41, 5.74) is 4.40. The maximum atomic E-state index is 13.7. The molecule has 0 aliphatic carbocycles. The first-order chi connectivity index (χ1) is 24.3. The number of carbonyl (C=O) groups is 2. The molecule has 0 unspecified atom stereocenters. The Bertz CT molecular complexity index is 1800. The molecule has 12 heteroatoms. The van der Waals surface area contributed by atoms with E-state index in [1.165, 1.54) is 4.90 Å². The second-order valence-electron chi connectivity index (χ2n) is 15.1. The number of hydrogen-bond acceptors (Lipinski definition) is 6. The number of hydrogen-bond donors (Lipinski definition) is 5. The highest BCUT2D eigenvalue weighted by Crippen LogP contribution is 2.29. The van der Waals surface area contributed by atoms with Crippen LogP contribution in [0.1, 0.15) is 87.2 Å². The lowest BCUT2D eigenvalue weighted by atomic mass is 10.0. The Morgan fingerprint density at radius 1 is 0.745 bits per heavy atom. The summed E-state index contributed by atoms with van der Waals surface area (Å²) < 4.78 is 27.3. The number of likely N-dealkylation sites (tertiary alicyclic amines) is 3. The fourth-order valence-corrected chi connectivity index (χ4v) is 7.58. The number of aromatic nitrogens is 2. The van der Waals surface area contributed by atoms with Crippen LogP contribution in [0.3, 0.4) is 0 Å². The monoisotopic (exact) mass is 705 g/mol. The van der Waals surface area contributed by atoms with Gasteiger partial charge >= 0.3 is 5.97 Å². The van der Waals surface area contributed by atoms with Crippen LogP contribution >= 0.6 is 0 Å². The van der Waals surface area contributed by atoms with E-state index in [-0.39, 0.29) is 18.0 Å². The molecule has 4 aromatic rings. The second kappa shape index (κ2) is 15.6. The van der Waals surface area contributed by atoms with Gasteiger partial charge in [-0.1, -0.05) is 0 Å². The van der Waals surface area contributed by atoms with Gasteiger partial charge in [-0.3, -0.25) is 4.79 Å². The number of alkyl halides is 2. The zero-order chi connectivity index (χ0) is 36.3. The van der Waals surface area contributed by atoms with Crippen molar-refractivity contribution in [3.8, 4) is 0 Å². The van der Waals surface area contributed by atoms with E-state index in [1.807, 2.05) is 36.4 Å². The number of aromatic amines is 2. The predicted molar refractivity (Wildman–Crippen MR) is 200 cm³/mol. The highest BCUT2D eigenvalue weighted by atomic mass is 19.3. The predicted octanol–water partition coefficient (Wildman–Crippen LogP) is 7.47. The minimum atomic E-state index is -2.79. The average Bonchev–Trinajstić information content (AvgIpc) is 3.73. The number of fused-ring (bicyclic) bond motifs is 2. The Morgan fingerprint density at radius 3 is 1.67 bits per heavy atom. The molecule has 7 rings (SSSR count). The van der Waals surface area contributed by atoms with Crippen molar-refractivity contribution in [1.82, 2.24) is 24.7 Å². The molecule has 0 bridgehead atoms. The molecule has 10 nitrogen and oxygen atoms in total. The number of nitrogens with one attached hydrogen (secondary N) is 4. The van der Waals surface area contributed by atoms with Crippen molar-refractivity contribution in [3.63, 3.8) is 0 Å². The summed E-state index contributed by atoms with van der Waals surface area (Å²) in [5, 5.41) is 18.1. The van der Waals surface area contributed by atoms with Crippen molar-refractivity contribution < 1.29 is 23.5 Å². The van der Waals surface area contributed by atoms with Crippen LogP contribution in [-0.4, -0.2) is 111 Å². The smallest absolute Gasteiger partial charge is 0.352 e. The quantitative estimate of drug-likeness (QED) is 0.129. The molecule has 0 saturated carbocycles. The molecule has 5 heterocycles.